The number of hydrogen-bond donors (Lipinski definition) is 1. The van der Waals surface area contributed by atoms with Crippen molar-refractivity contribution >= 4 is 22.5 Å². The average Bonchev–Trinajstić information content (AvgIpc) is 2.15. The van der Waals surface area contributed by atoms with E-state index in [2.05, 4.69) is 4.98 Å². The summed E-state index contributed by atoms with van der Waals surface area (Å²) >= 11 is 6.02. The Kier molecular flexibility index (Phi) is 2.41. The number of halogens is 1. The van der Waals surface area contributed by atoms with Gasteiger partial charge in [0.25, 0.3) is 0 Å². The van der Waals surface area contributed by atoms with Crippen molar-refractivity contribution in [2.75, 3.05) is 0 Å². The number of aliphatic hydroxyl groups is 1. The van der Waals surface area contributed by atoms with Crippen LogP contribution in [0.15, 0.2) is 30.3 Å². The molecule has 0 atom stereocenters. The molecule has 3 heteroatoms. The highest BCUT2D eigenvalue weighted by Gasteiger charge is 2.20. The van der Waals surface area contributed by atoms with Crippen LogP contribution in [0.4, 0.5) is 0 Å². The molecule has 2 nitrogen and oxygen atoms in total. The van der Waals surface area contributed by atoms with Gasteiger partial charge in [0.1, 0.15) is 5.15 Å². The second kappa shape index (κ2) is 3.47. The summed E-state index contributed by atoms with van der Waals surface area (Å²) in [4.78, 5) is 4.25. The fourth-order valence-corrected chi connectivity index (χ4v) is 1.90. The van der Waals surface area contributed by atoms with Crippen LogP contribution in [0.2, 0.25) is 5.15 Å². The molecule has 0 aliphatic carbocycles. The molecular formula is C12H12ClNO. The molecule has 0 unspecified atom stereocenters. The molecule has 0 amide bonds. The molecule has 0 saturated heterocycles. The molecule has 0 saturated carbocycles. The molecule has 1 N–H and O–H groups in total. The van der Waals surface area contributed by atoms with Gasteiger partial charge in [-0.05, 0) is 26.0 Å². The smallest absolute Gasteiger partial charge is 0.135 e. The number of hydrogen-bond acceptors (Lipinski definition) is 2. The van der Waals surface area contributed by atoms with Crippen LogP contribution in [0.3, 0.4) is 0 Å². The van der Waals surface area contributed by atoms with Gasteiger partial charge in [-0.3, -0.25) is 0 Å². The fourth-order valence-electron chi connectivity index (χ4n) is 1.52. The first kappa shape index (κ1) is 10.4. The Balaban J connectivity index is 2.73. The molecule has 0 aliphatic heterocycles. The molecule has 0 bridgehead atoms. The van der Waals surface area contributed by atoms with Crippen LogP contribution >= 0.6 is 11.6 Å². The monoisotopic (exact) mass is 221 g/mol. The van der Waals surface area contributed by atoms with Crippen molar-refractivity contribution in [2.24, 2.45) is 0 Å². The Morgan fingerprint density at radius 2 is 1.93 bits per heavy atom. The lowest BCUT2D eigenvalue weighted by molar-refractivity contribution is 0.0785. The highest BCUT2D eigenvalue weighted by atomic mass is 35.5. The Hall–Kier alpha value is -1.12. The van der Waals surface area contributed by atoms with Gasteiger partial charge in [-0.2, -0.15) is 0 Å². The third-order valence-corrected chi connectivity index (χ3v) is 2.62. The molecular weight excluding hydrogens is 210 g/mol. The van der Waals surface area contributed by atoms with E-state index in [1.54, 1.807) is 13.8 Å². The number of para-hydroxylation sites is 1. The third-order valence-electron chi connectivity index (χ3n) is 2.34. The number of aromatic nitrogens is 1. The van der Waals surface area contributed by atoms with Gasteiger partial charge in [0.15, 0.2) is 0 Å². The zero-order valence-electron chi connectivity index (χ0n) is 8.66. The van der Waals surface area contributed by atoms with E-state index >= 15 is 0 Å². The van der Waals surface area contributed by atoms with Crippen molar-refractivity contribution in [3.05, 3.63) is 41.0 Å². The van der Waals surface area contributed by atoms with E-state index in [1.165, 1.54) is 0 Å². The SMILES string of the molecule is CC(C)(O)c1cc2ccccc2nc1Cl. The molecule has 1 heterocycles. The number of pyridine rings is 1. The van der Waals surface area contributed by atoms with Gasteiger partial charge in [-0.25, -0.2) is 4.98 Å². The molecule has 0 spiro atoms. The largest absolute Gasteiger partial charge is 0.386 e. The van der Waals surface area contributed by atoms with Gasteiger partial charge >= 0.3 is 0 Å². The van der Waals surface area contributed by atoms with Crippen molar-refractivity contribution < 1.29 is 5.11 Å². The summed E-state index contributed by atoms with van der Waals surface area (Å²) in [6, 6.07) is 9.58. The second-order valence-electron chi connectivity index (χ2n) is 4.08. The number of nitrogens with zero attached hydrogens (tertiary/aromatic N) is 1. The van der Waals surface area contributed by atoms with Crippen molar-refractivity contribution in [1.29, 1.82) is 0 Å². The van der Waals surface area contributed by atoms with E-state index in [9.17, 15) is 5.11 Å². The van der Waals surface area contributed by atoms with Crippen LogP contribution in [-0.2, 0) is 5.60 Å². The summed E-state index contributed by atoms with van der Waals surface area (Å²) in [7, 11) is 0. The summed E-state index contributed by atoms with van der Waals surface area (Å²) in [5, 5.41) is 11.3. The lowest BCUT2D eigenvalue weighted by atomic mass is 9.99. The van der Waals surface area contributed by atoms with Gasteiger partial charge in [0, 0.05) is 10.9 Å². The van der Waals surface area contributed by atoms with E-state index in [1.807, 2.05) is 30.3 Å². The minimum atomic E-state index is -0.964. The van der Waals surface area contributed by atoms with Gasteiger partial charge in [-0.1, -0.05) is 29.8 Å². The molecule has 2 rings (SSSR count). The van der Waals surface area contributed by atoms with Gasteiger partial charge in [-0.15, -0.1) is 0 Å². The zero-order chi connectivity index (χ0) is 11.1. The van der Waals surface area contributed by atoms with Crippen molar-refractivity contribution in [1.82, 2.24) is 4.98 Å². The highest BCUT2D eigenvalue weighted by Crippen LogP contribution is 2.29. The molecule has 0 aliphatic rings. The first-order valence-electron chi connectivity index (χ1n) is 4.76. The first-order valence-corrected chi connectivity index (χ1v) is 5.14. The van der Waals surface area contributed by atoms with Gasteiger partial charge in [0.05, 0.1) is 11.1 Å². The summed E-state index contributed by atoms with van der Waals surface area (Å²) in [5.41, 5.74) is 0.534. The van der Waals surface area contributed by atoms with Crippen LogP contribution in [0.1, 0.15) is 19.4 Å². The predicted octanol–water partition coefficient (Wildman–Crippen LogP) is 3.12. The lowest BCUT2D eigenvalue weighted by Gasteiger charge is -2.19. The minimum Gasteiger partial charge on any atom is -0.386 e. The Morgan fingerprint density at radius 3 is 2.60 bits per heavy atom. The molecule has 78 valence electrons. The summed E-state index contributed by atoms with van der Waals surface area (Å²) in [6.07, 6.45) is 0. The van der Waals surface area contributed by atoms with E-state index in [0.717, 1.165) is 10.9 Å². The van der Waals surface area contributed by atoms with E-state index < -0.39 is 5.60 Å². The van der Waals surface area contributed by atoms with Crippen molar-refractivity contribution in [3.8, 4) is 0 Å². The van der Waals surface area contributed by atoms with Gasteiger partial charge in [0.2, 0.25) is 0 Å². The standard InChI is InChI=1S/C12H12ClNO/c1-12(2,15)9-7-8-5-3-4-6-10(8)14-11(9)13/h3-7,15H,1-2H3. The molecule has 15 heavy (non-hydrogen) atoms. The maximum atomic E-state index is 9.90. The molecule has 1 aromatic heterocycles. The van der Waals surface area contributed by atoms with Crippen LogP contribution < -0.4 is 0 Å². The van der Waals surface area contributed by atoms with E-state index in [0.29, 0.717) is 10.7 Å². The maximum absolute atomic E-state index is 9.90. The highest BCUT2D eigenvalue weighted by molar-refractivity contribution is 6.30. The van der Waals surface area contributed by atoms with Crippen LogP contribution in [0, 0.1) is 0 Å². The fraction of sp³-hybridized carbons (Fsp3) is 0.250. The number of benzene rings is 1. The summed E-state index contributed by atoms with van der Waals surface area (Å²) < 4.78 is 0. The molecule has 2 aromatic rings. The van der Waals surface area contributed by atoms with Crippen molar-refractivity contribution in [3.63, 3.8) is 0 Å². The molecule has 0 radical (unpaired) electrons. The number of fused-ring (bicyclic) bond motifs is 1. The quantitative estimate of drug-likeness (QED) is 0.751. The summed E-state index contributed by atoms with van der Waals surface area (Å²) in [5.74, 6) is 0. The second-order valence-corrected chi connectivity index (χ2v) is 4.44. The Morgan fingerprint density at radius 1 is 1.27 bits per heavy atom. The lowest BCUT2D eigenvalue weighted by Crippen LogP contribution is -2.16. The van der Waals surface area contributed by atoms with Crippen LogP contribution in [0.25, 0.3) is 10.9 Å². The van der Waals surface area contributed by atoms with E-state index in [4.69, 9.17) is 11.6 Å². The first-order chi connectivity index (χ1) is 6.98. The third kappa shape index (κ3) is 1.96. The summed E-state index contributed by atoms with van der Waals surface area (Å²) in [6.45, 7) is 3.40. The molecule has 1 aromatic carbocycles. The number of rotatable bonds is 1. The Bertz CT molecular complexity index is 502. The zero-order valence-corrected chi connectivity index (χ0v) is 9.42. The predicted molar refractivity (Wildman–Crippen MR) is 62.0 cm³/mol. The van der Waals surface area contributed by atoms with Gasteiger partial charge < -0.3 is 5.11 Å². The topological polar surface area (TPSA) is 33.1 Å². The van der Waals surface area contributed by atoms with Crippen LogP contribution in [0.5, 0.6) is 0 Å². The van der Waals surface area contributed by atoms with E-state index in [-0.39, 0.29) is 0 Å². The Labute approximate surface area is 93.5 Å². The average molecular weight is 222 g/mol. The normalized spacial score (nSPS) is 12.0. The van der Waals surface area contributed by atoms with Crippen LogP contribution in [-0.4, -0.2) is 10.1 Å². The maximum Gasteiger partial charge on any atom is 0.135 e. The van der Waals surface area contributed by atoms with Crippen molar-refractivity contribution in [2.45, 2.75) is 19.4 Å². The minimum absolute atomic E-state index is 0.362. The molecule has 0 fully saturated rings.